The summed E-state index contributed by atoms with van der Waals surface area (Å²) in [6.07, 6.45) is 0. The quantitative estimate of drug-likeness (QED) is 0.580. The number of nitrogens with zero attached hydrogens (tertiary/aromatic N) is 2. The van der Waals surface area contributed by atoms with Crippen LogP contribution in [0.1, 0.15) is 5.89 Å². The molecule has 0 bridgehead atoms. The highest BCUT2D eigenvalue weighted by molar-refractivity contribution is 9.10. The summed E-state index contributed by atoms with van der Waals surface area (Å²) in [6, 6.07) is 13.2. The van der Waals surface area contributed by atoms with Gasteiger partial charge in [0, 0.05) is 4.47 Å². The molecule has 2 aromatic carbocycles. The van der Waals surface area contributed by atoms with Gasteiger partial charge in [-0.3, -0.25) is 0 Å². The molecule has 0 spiro atoms. The summed E-state index contributed by atoms with van der Waals surface area (Å²) in [4.78, 5) is 11.7. The second-order valence-corrected chi connectivity index (χ2v) is 5.71. The SMILES string of the molecule is O=C(COc1ccccc1F)OCc1nnc(-c2ccccc2Br)o1. The summed E-state index contributed by atoms with van der Waals surface area (Å²) >= 11 is 3.39. The number of aromatic nitrogens is 2. The number of rotatable bonds is 6. The Morgan fingerprint density at radius 2 is 1.88 bits per heavy atom. The number of ether oxygens (including phenoxy) is 2. The van der Waals surface area contributed by atoms with E-state index in [1.54, 1.807) is 6.07 Å². The number of carbonyl (C=O) groups excluding carboxylic acids is 1. The van der Waals surface area contributed by atoms with Crippen molar-refractivity contribution in [2.75, 3.05) is 6.61 Å². The van der Waals surface area contributed by atoms with Gasteiger partial charge in [-0.25, -0.2) is 9.18 Å². The molecule has 0 aliphatic heterocycles. The lowest BCUT2D eigenvalue weighted by Gasteiger charge is -2.06. The average molecular weight is 407 g/mol. The zero-order valence-corrected chi connectivity index (χ0v) is 14.4. The molecule has 8 heteroatoms. The third-order valence-electron chi connectivity index (χ3n) is 3.11. The summed E-state index contributed by atoms with van der Waals surface area (Å²) < 4.78 is 29.7. The fourth-order valence-corrected chi connectivity index (χ4v) is 2.39. The summed E-state index contributed by atoms with van der Waals surface area (Å²) in [5.74, 6) is -0.797. The topological polar surface area (TPSA) is 74.5 Å². The van der Waals surface area contributed by atoms with Gasteiger partial charge in [-0.2, -0.15) is 0 Å². The van der Waals surface area contributed by atoms with Crippen LogP contribution in [-0.4, -0.2) is 22.8 Å². The van der Waals surface area contributed by atoms with Crippen molar-refractivity contribution < 1.29 is 23.1 Å². The number of esters is 1. The molecule has 1 aromatic heterocycles. The van der Waals surface area contributed by atoms with Crippen molar-refractivity contribution in [1.29, 1.82) is 0 Å². The smallest absolute Gasteiger partial charge is 0.344 e. The van der Waals surface area contributed by atoms with Crippen molar-refractivity contribution in [2.45, 2.75) is 6.61 Å². The Morgan fingerprint density at radius 3 is 2.68 bits per heavy atom. The maximum atomic E-state index is 13.4. The van der Waals surface area contributed by atoms with Crippen molar-refractivity contribution in [1.82, 2.24) is 10.2 Å². The van der Waals surface area contributed by atoms with Crippen molar-refractivity contribution >= 4 is 21.9 Å². The highest BCUT2D eigenvalue weighted by Crippen LogP contribution is 2.26. The second kappa shape index (κ2) is 7.89. The van der Waals surface area contributed by atoms with Gasteiger partial charge in [0.1, 0.15) is 0 Å². The van der Waals surface area contributed by atoms with Crippen LogP contribution in [0.2, 0.25) is 0 Å². The first kappa shape index (κ1) is 17.1. The lowest BCUT2D eigenvalue weighted by Crippen LogP contribution is -2.15. The first-order valence-corrected chi connectivity index (χ1v) is 8.03. The van der Waals surface area contributed by atoms with Crippen LogP contribution in [-0.2, 0) is 16.1 Å². The maximum Gasteiger partial charge on any atom is 0.344 e. The molecule has 6 nitrogen and oxygen atoms in total. The van der Waals surface area contributed by atoms with Crippen LogP contribution >= 0.6 is 15.9 Å². The Balaban J connectivity index is 1.53. The summed E-state index contributed by atoms with van der Waals surface area (Å²) in [7, 11) is 0. The second-order valence-electron chi connectivity index (χ2n) is 4.86. The van der Waals surface area contributed by atoms with Gasteiger partial charge in [0.15, 0.2) is 24.8 Å². The van der Waals surface area contributed by atoms with Crippen LogP contribution in [0.5, 0.6) is 5.75 Å². The van der Waals surface area contributed by atoms with Gasteiger partial charge in [-0.1, -0.05) is 24.3 Å². The van der Waals surface area contributed by atoms with E-state index in [1.807, 2.05) is 24.3 Å². The van der Waals surface area contributed by atoms with Gasteiger partial charge in [-0.05, 0) is 40.2 Å². The molecule has 0 aliphatic carbocycles. The Kier molecular flexibility index (Phi) is 5.39. The van der Waals surface area contributed by atoms with Crippen molar-refractivity contribution in [3.8, 4) is 17.2 Å². The molecule has 1 heterocycles. The highest BCUT2D eigenvalue weighted by Gasteiger charge is 2.13. The molecule has 0 fully saturated rings. The standard InChI is InChI=1S/C17H12BrFN2O4/c18-12-6-2-1-5-11(12)17-21-20-15(25-17)9-24-16(22)10-23-14-8-4-3-7-13(14)19/h1-8H,9-10H2. The van der Waals surface area contributed by atoms with E-state index in [2.05, 4.69) is 26.1 Å². The molecule has 0 aliphatic rings. The third kappa shape index (κ3) is 4.42. The van der Waals surface area contributed by atoms with Gasteiger partial charge in [0.25, 0.3) is 5.89 Å². The van der Waals surface area contributed by atoms with E-state index in [4.69, 9.17) is 13.9 Å². The fraction of sp³-hybridized carbons (Fsp3) is 0.118. The van der Waals surface area contributed by atoms with E-state index >= 15 is 0 Å². The molecule has 3 rings (SSSR count). The van der Waals surface area contributed by atoms with E-state index in [1.165, 1.54) is 18.2 Å². The summed E-state index contributed by atoms with van der Waals surface area (Å²) in [5, 5.41) is 7.73. The fourth-order valence-electron chi connectivity index (χ4n) is 1.94. The van der Waals surface area contributed by atoms with Crippen molar-refractivity contribution in [2.24, 2.45) is 0 Å². The number of benzene rings is 2. The lowest BCUT2D eigenvalue weighted by atomic mass is 10.2. The van der Waals surface area contributed by atoms with E-state index in [0.29, 0.717) is 5.89 Å². The Bertz CT molecular complexity index is 884. The van der Waals surface area contributed by atoms with Gasteiger partial charge < -0.3 is 13.9 Å². The van der Waals surface area contributed by atoms with Crippen LogP contribution in [0.3, 0.4) is 0 Å². The molecule has 0 radical (unpaired) electrons. The van der Waals surface area contributed by atoms with Crippen LogP contribution < -0.4 is 4.74 Å². The summed E-state index contributed by atoms with van der Waals surface area (Å²) in [6.45, 7) is -0.622. The largest absolute Gasteiger partial charge is 0.479 e. The number of hydrogen-bond donors (Lipinski definition) is 0. The Hall–Kier alpha value is -2.74. The number of para-hydroxylation sites is 1. The molecule has 0 atom stereocenters. The Labute approximate surface area is 150 Å². The average Bonchev–Trinajstić information content (AvgIpc) is 3.08. The van der Waals surface area contributed by atoms with Gasteiger partial charge in [-0.15, -0.1) is 10.2 Å². The van der Waals surface area contributed by atoms with Crippen molar-refractivity contribution in [3.63, 3.8) is 0 Å². The molecule has 25 heavy (non-hydrogen) atoms. The molecule has 0 N–H and O–H groups in total. The first-order valence-electron chi connectivity index (χ1n) is 7.23. The maximum absolute atomic E-state index is 13.4. The van der Waals surface area contributed by atoms with Crippen LogP contribution in [0.15, 0.2) is 57.4 Å². The monoisotopic (exact) mass is 406 g/mol. The van der Waals surface area contributed by atoms with E-state index < -0.39 is 18.4 Å². The third-order valence-corrected chi connectivity index (χ3v) is 3.80. The van der Waals surface area contributed by atoms with E-state index in [9.17, 15) is 9.18 Å². The van der Waals surface area contributed by atoms with E-state index in [0.717, 1.165) is 10.0 Å². The molecule has 128 valence electrons. The molecular formula is C17H12BrFN2O4. The van der Waals surface area contributed by atoms with Crippen LogP contribution in [0.4, 0.5) is 4.39 Å². The molecule has 3 aromatic rings. The number of carbonyl (C=O) groups is 1. The minimum Gasteiger partial charge on any atom is -0.479 e. The van der Waals surface area contributed by atoms with E-state index in [-0.39, 0.29) is 18.2 Å². The predicted octanol–water partition coefficient (Wildman–Crippen LogP) is 3.76. The van der Waals surface area contributed by atoms with Gasteiger partial charge in [0.2, 0.25) is 5.89 Å². The molecule has 0 saturated carbocycles. The number of halogens is 2. The van der Waals surface area contributed by atoms with Gasteiger partial charge >= 0.3 is 5.97 Å². The zero-order valence-electron chi connectivity index (χ0n) is 12.8. The number of hydrogen-bond acceptors (Lipinski definition) is 6. The highest BCUT2D eigenvalue weighted by atomic mass is 79.9. The first-order chi connectivity index (χ1) is 12.1. The predicted molar refractivity (Wildman–Crippen MR) is 89.1 cm³/mol. The van der Waals surface area contributed by atoms with Crippen molar-refractivity contribution in [3.05, 3.63) is 64.7 Å². The molecular weight excluding hydrogens is 395 g/mol. The molecule has 0 amide bonds. The van der Waals surface area contributed by atoms with Crippen LogP contribution in [0, 0.1) is 5.82 Å². The zero-order chi connectivity index (χ0) is 17.6. The normalized spacial score (nSPS) is 10.5. The van der Waals surface area contributed by atoms with Gasteiger partial charge in [0.05, 0.1) is 5.56 Å². The lowest BCUT2D eigenvalue weighted by molar-refractivity contribution is -0.148. The summed E-state index contributed by atoms with van der Waals surface area (Å²) in [5.41, 5.74) is 0.732. The Morgan fingerprint density at radius 1 is 1.12 bits per heavy atom. The molecule has 0 unspecified atom stereocenters. The van der Waals surface area contributed by atoms with Crippen LogP contribution in [0.25, 0.3) is 11.5 Å². The minimum atomic E-state index is -0.677. The minimum absolute atomic E-state index is 0.0199. The molecule has 0 saturated heterocycles.